The third-order valence-corrected chi connectivity index (χ3v) is 7.92. The molecule has 0 radical (unpaired) electrons. The van der Waals surface area contributed by atoms with Crippen LogP contribution in [0.4, 0.5) is 36.4 Å². The molecule has 4 rings (SSSR count). The average molecular weight is 655 g/mol. The van der Waals surface area contributed by atoms with E-state index in [1.54, 1.807) is 0 Å². The lowest BCUT2D eigenvalue weighted by Crippen LogP contribution is -2.18. The predicted molar refractivity (Wildman–Crippen MR) is 141 cm³/mol. The van der Waals surface area contributed by atoms with E-state index >= 15 is 0 Å². The second-order valence-corrected chi connectivity index (χ2v) is 11.3. The number of alkyl halides is 7. The van der Waals surface area contributed by atoms with Crippen LogP contribution in [0, 0.1) is 17.6 Å². The van der Waals surface area contributed by atoms with Crippen LogP contribution >= 0.6 is 34.8 Å². The number of benzene rings is 3. The molecule has 0 unspecified atom stereocenters. The summed E-state index contributed by atoms with van der Waals surface area (Å²) < 4.78 is 91.8. The number of carbonyl (C=O) groups excluding carboxylic acids is 3. The molecule has 0 aromatic heterocycles. The van der Waals surface area contributed by atoms with Crippen molar-refractivity contribution in [2.24, 2.45) is 5.92 Å². The number of amides is 1. The van der Waals surface area contributed by atoms with E-state index in [1.165, 1.54) is 18.2 Å². The summed E-state index contributed by atoms with van der Waals surface area (Å²) in [5.74, 6) is -7.96. The molecular formula is C28H17Cl3F7NO3. The normalized spacial score (nSPS) is 17.7. The standard InChI is InChI=1S/C28H17Cl3F7NO3/c29-18-6-5-15(39-26(42)23-22(27(23,30)31)12-2-1-3-14(8-12)28(36,37)38)10-16(18)20(40)9-13-4-7-19(32)17(24(13)33)11-21(41)25(34)35/h1-8,10,22-23,25H,9,11H2,(H,39,42)/t22-,23+/m0/s1. The van der Waals surface area contributed by atoms with Crippen LogP contribution in [0.1, 0.15) is 38.5 Å². The van der Waals surface area contributed by atoms with Crippen LogP contribution in [-0.2, 0) is 28.6 Å². The highest BCUT2D eigenvalue weighted by molar-refractivity contribution is 6.53. The molecule has 42 heavy (non-hydrogen) atoms. The molecule has 1 fully saturated rings. The predicted octanol–water partition coefficient (Wildman–Crippen LogP) is 7.97. The van der Waals surface area contributed by atoms with Crippen molar-refractivity contribution >= 4 is 58.0 Å². The van der Waals surface area contributed by atoms with Gasteiger partial charge in [0.05, 0.1) is 16.5 Å². The highest BCUT2D eigenvalue weighted by atomic mass is 35.5. The zero-order valence-corrected chi connectivity index (χ0v) is 23.1. The second kappa shape index (κ2) is 11.9. The van der Waals surface area contributed by atoms with E-state index in [-0.39, 0.29) is 27.4 Å². The molecule has 1 amide bonds. The summed E-state index contributed by atoms with van der Waals surface area (Å²) in [5, 5.41) is 2.37. The van der Waals surface area contributed by atoms with Crippen molar-refractivity contribution in [3.05, 3.63) is 99.1 Å². The Bertz CT molecular complexity index is 1580. The fourth-order valence-corrected chi connectivity index (χ4v) is 5.53. The minimum Gasteiger partial charge on any atom is -0.326 e. The zero-order valence-electron chi connectivity index (χ0n) is 20.8. The van der Waals surface area contributed by atoms with Crippen molar-refractivity contribution in [3.63, 3.8) is 0 Å². The molecule has 3 aromatic carbocycles. The summed E-state index contributed by atoms with van der Waals surface area (Å²) in [6, 6.07) is 9.58. The maximum absolute atomic E-state index is 14.9. The van der Waals surface area contributed by atoms with Crippen molar-refractivity contribution in [3.8, 4) is 0 Å². The van der Waals surface area contributed by atoms with E-state index < -0.39 is 81.8 Å². The summed E-state index contributed by atoms with van der Waals surface area (Å²) >= 11 is 18.6. The molecule has 0 saturated heterocycles. The number of anilines is 1. The van der Waals surface area contributed by atoms with Gasteiger partial charge in [-0.05, 0) is 41.5 Å². The molecule has 3 aromatic rings. The van der Waals surface area contributed by atoms with Crippen molar-refractivity contribution < 1.29 is 45.1 Å². The Kier molecular flexibility index (Phi) is 8.97. The van der Waals surface area contributed by atoms with Gasteiger partial charge in [-0.3, -0.25) is 14.4 Å². The molecular weight excluding hydrogens is 638 g/mol. The molecule has 0 aliphatic heterocycles. The number of carbonyl (C=O) groups is 3. The smallest absolute Gasteiger partial charge is 0.326 e. The van der Waals surface area contributed by atoms with Crippen LogP contribution in [0.2, 0.25) is 5.02 Å². The van der Waals surface area contributed by atoms with E-state index in [0.717, 1.165) is 36.4 Å². The van der Waals surface area contributed by atoms with Gasteiger partial charge in [0.2, 0.25) is 11.7 Å². The highest BCUT2D eigenvalue weighted by Gasteiger charge is 2.67. The van der Waals surface area contributed by atoms with Crippen molar-refractivity contribution in [1.82, 2.24) is 0 Å². The van der Waals surface area contributed by atoms with Gasteiger partial charge in [-0.2, -0.15) is 13.2 Å². The SMILES string of the molecule is O=C(Cc1ccc(F)c(CC(=O)C(F)F)c1F)c1cc(NC(=O)[C@H]2[C@H](c3cccc(C(F)(F)F)c3)C2(Cl)Cl)ccc1Cl. The summed E-state index contributed by atoms with van der Waals surface area (Å²) in [6.07, 6.45) is -9.99. The third kappa shape index (κ3) is 6.58. The molecule has 0 heterocycles. The first-order chi connectivity index (χ1) is 19.5. The maximum Gasteiger partial charge on any atom is 0.416 e. The fraction of sp³-hybridized carbons (Fsp3) is 0.250. The zero-order chi connectivity index (χ0) is 31.1. The van der Waals surface area contributed by atoms with Gasteiger partial charge in [0.1, 0.15) is 16.0 Å². The van der Waals surface area contributed by atoms with Crippen LogP contribution in [0.15, 0.2) is 54.6 Å². The minimum absolute atomic E-state index is 0.0226. The van der Waals surface area contributed by atoms with E-state index in [9.17, 15) is 45.1 Å². The van der Waals surface area contributed by atoms with Gasteiger partial charge in [-0.25, -0.2) is 17.6 Å². The van der Waals surface area contributed by atoms with E-state index in [0.29, 0.717) is 0 Å². The summed E-state index contributed by atoms with van der Waals surface area (Å²) in [7, 11) is 0. The molecule has 2 atom stereocenters. The number of halogens is 10. The van der Waals surface area contributed by atoms with Crippen molar-refractivity contribution in [2.75, 3.05) is 5.32 Å². The van der Waals surface area contributed by atoms with Crippen LogP contribution in [-0.4, -0.2) is 28.2 Å². The Morgan fingerprint density at radius 1 is 0.952 bits per heavy atom. The van der Waals surface area contributed by atoms with Crippen LogP contribution in [0.5, 0.6) is 0 Å². The maximum atomic E-state index is 14.9. The van der Waals surface area contributed by atoms with Crippen LogP contribution in [0.3, 0.4) is 0 Å². The first kappa shape index (κ1) is 31.8. The van der Waals surface area contributed by atoms with Gasteiger partial charge >= 0.3 is 6.18 Å². The monoisotopic (exact) mass is 653 g/mol. The summed E-state index contributed by atoms with van der Waals surface area (Å²) in [4.78, 5) is 37.3. The lowest BCUT2D eigenvalue weighted by atomic mass is 9.98. The largest absolute Gasteiger partial charge is 0.416 e. The molecule has 1 aliphatic rings. The van der Waals surface area contributed by atoms with E-state index in [2.05, 4.69) is 5.32 Å². The Morgan fingerprint density at radius 3 is 2.29 bits per heavy atom. The second-order valence-electron chi connectivity index (χ2n) is 9.48. The Labute approximate surface area is 248 Å². The molecule has 1 aliphatic carbocycles. The average Bonchev–Trinajstić information content (AvgIpc) is 3.50. The molecule has 0 spiro atoms. The fourth-order valence-electron chi connectivity index (χ4n) is 4.48. The van der Waals surface area contributed by atoms with Gasteiger partial charge in [0.15, 0.2) is 5.78 Å². The van der Waals surface area contributed by atoms with Gasteiger partial charge in [0, 0.05) is 35.6 Å². The molecule has 222 valence electrons. The number of ketones is 2. The van der Waals surface area contributed by atoms with Crippen LogP contribution in [0.25, 0.3) is 0 Å². The number of rotatable bonds is 9. The molecule has 0 bridgehead atoms. The molecule has 14 heteroatoms. The van der Waals surface area contributed by atoms with Gasteiger partial charge < -0.3 is 5.32 Å². The molecule has 1 N–H and O–H groups in total. The number of Topliss-reactive ketones (excluding diaryl/α,β-unsaturated/α-hetero) is 2. The molecule has 4 nitrogen and oxygen atoms in total. The first-order valence-corrected chi connectivity index (χ1v) is 13.1. The first-order valence-electron chi connectivity index (χ1n) is 12.0. The summed E-state index contributed by atoms with van der Waals surface area (Å²) in [5.41, 5.74) is -2.33. The Hall–Kier alpha value is -3.15. The molecule has 1 saturated carbocycles. The topological polar surface area (TPSA) is 63.2 Å². The lowest BCUT2D eigenvalue weighted by Gasteiger charge is -2.11. The quantitative estimate of drug-likeness (QED) is 0.145. The van der Waals surface area contributed by atoms with Gasteiger partial charge in [0.25, 0.3) is 6.43 Å². The minimum atomic E-state index is -4.63. The van der Waals surface area contributed by atoms with Crippen molar-refractivity contribution in [1.29, 1.82) is 0 Å². The lowest BCUT2D eigenvalue weighted by molar-refractivity contribution is -0.137. The highest BCUT2D eigenvalue weighted by Crippen LogP contribution is 2.65. The number of nitrogens with one attached hydrogen (secondary N) is 1. The number of hydrogen-bond acceptors (Lipinski definition) is 3. The van der Waals surface area contributed by atoms with Gasteiger partial charge in [-0.1, -0.05) is 35.9 Å². The Morgan fingerprint density at radius 2 is 1.64 bits per heavy atom. The summed E-state index contributed by atoms with van der Waals surface area (Å²) in [6.45, 7) is 0. The van der Waals surface area contributed by atoms with Gasteiger partial charge in [-0.15, -0.1) is 23.2 Å². The van der Waals surface area contributed by atoms with Crippen LogP contribution < -0.4 is 5.32 Å². The third-order valence-electron chi connectivity index (χ3n) is 6.65. The van der Waals surface area contributed by atoms with Crippen molar-refractivity contribution in [2.45, 2.75) is 35.7 Å². The van der Waals surface area contributed by atoms with E-state index in [1.807, 2.05) is 0 Å². The number of hydrogen-bond donors (Lipinski definition) is 1. The van der Waals surface area contributed by atoms with E-state index in [4.69, 9.17) is 34.8 Å². The Balaban J connectivity index is 1.52.